The molecule has 0 fully saturated rings. The smallest absolute Gasteiger partial charge is 0.334 e. The highest BCUT2D eigenvalue weighted by Crippen LogP contribution is 2.31. The van der Waals surface area contributed by atoms with E-state index < -0.39 is 0 Å². The van der Waals surface area contributed by atoms with Crippen molar-refractivity contribution in [3.05, 3.63) is 11.1 Å². The molecule has 4 nitrogen and oxygen atoms in total. The first kappa shape index (κ1) is 20.7. The number of ether oxygens (including phenoxy) is 2. The van der Waals surface area contributed by atoms with Crippen LogP contribution in [0.2, 0.25) is 0 Å². The highest BCUT2D eigenvalue weighted by molar-refractivity contribution is 6.01. The van der Waals surface area contributed by atoms with Gasteiger partial charge in [-0.05, 0) is 51.4 Å². The van der Waals surface area contributed by atoms with Gasteiger partial charge in [0, 0.05) is 0 Å². The zero-order valence-electron chi connectivity index (χ0n) is 15.0. The molecule has 0 amide bonds. The lowest BCUT2D eigenvalue weighted by Gasteiger charge is -2.24. The maximum atomic E-state index is 12.5. The minimum absolute atomic E-state index is 0.0269. The van der Waals surface area contributed by atoms with Crippen LogP contribution >= 0.6 is 0 Å². The molecule has 0 spiro atoms. The van der Waals surface area contributed by atoms with Crippen molar-refractivity contribution in [2.45, 2.75) is 67.2 Å². The van der Waals surface area contributed by atoms with Crippen molar-refractivity contribution in [1.29, 1.82) is 0 Å². The predicted octanol–water partition coefficient (Wildman–Crippen LogP) is 4.28. The second kappa shape index (κ2) is 11.3. The molecule has 22 heavy (non-hydrogen) atoms. The Morgan fingerprint density at radius 1 is 0.636 bits per heavy atom. The zero-order valence-corrected chi connectivity index (χ0v) is 15.0. The normalized spacial score (nSPS) is 12.4. The fraction of sp³-hybridized carbons (Fsp3) is 0.778. The van der Waals surface area contributed by atoms with Gasteiger partial charge in [-0.15, -0.1) is 0 Å². The maximum Gasteiger partial charge on any atom is 0.334 e. The molecule has 0 bridgehead atoms. The Morgan fingerprint density at radius 2 is 0.909 bits per heavy atom. The summed E-state index contributed by atoms with van der Waals surface area (Å²) in [7, 11) is 0. The second-order valence-corrected chi connectivity index (χ2v) is 5.30. The SMILES string of the molecule is CCOC(=O)/C(=C(\C(=O)OCC)C(CC)CC)C(CC)CC. The molecule has 0 aliphatic heterocycles. The first-order valence-corrected chi connectivity index (χ1v) is 8.60. The van der Waals surface area contributed by atoms with Gasteiger partial charge in [-0.25, -0.2) is 9.59 Å². The van der Waals surface area contributed by atoms with E-state index in [1.165, 1.54) is 0 Å². The third-order valence-corrected chi connectivity index (χ3v) is 4.07. The Balaban J connectivity index is 6.13. The van der Waals surface area contributed by atoms with Crippen LogP contribution in [-0.2, 0) is 19.1 Å². The van der Waals surface area contributed by atoms with Crippen molar-refractivity contribution in [3.63, 3.8) is 0 Å². The van der Waals surface area contributed by atoms with E-state index >= 15 is 0 Å². The van der Waals surface area contributed by atoms with Gasteiger partial charge in [0.1, 0.15) is 0 Å². The number of esters is 2. The van der Waals surface area contributed by atoms with Crippen molar-refractivity contribution >= 4 is 11.9 Å². The molecule has 0 aliphatic rings. The second-order valence-electron chi connectivity index (χ2n) is 5.30. The van der Waals surface area contributed by atoms with Crippen molar-refractivity contribution in [1.82, 2.24) is 0 Å². The largest absolute Gasteiger partial charge is 0.463 e. The van der Waals surface area contributed by atoms with Crippen LogP contribution < -0.4 is 0 Å². The minimum atomic E-state index is -0.369. The third-order valence-electron chi connectivity index (χ3n) is 4.07. The third kappa shape index (κ3) is 5.47. The van der Waals surface area contributed by atoms with Crippen LogP contribution in [0.25, 0.3) is 0 Å². The monoisotopic (exact) mass is 312 g/mol. The molecule has 0 saturated heterocycles. The molecule has 0 saturated carbocycles. The molecule has 0 unspecified atom stereocenters. The quantitative estimate of drug-likeness (QED) is 0.446. The molecule has 0 heterocycles. The van der Waals surface area contributed by atoms with Gasteiger partial charge in [0.15, 0.2) is 0 Å². The van der Waals surface area contributed by atoms with Gasteiger partial charge in [-0.1, -0.05) is 27.7 Å². The van der Waals surface area contributed by atoms with Gasteiger partial charge in [-0.2, -0.15) is 0 Å². The van der Waals surface area contributed by atoms with Crippen molar-refractivity contribution < 1.29 is 19.1 Å². The van der Waals surface area contributed by atoms with Crippen LogP contribution in [0.3, 0.4) is 0 Å². The van der Waals surface area contributed by atoms with Gasteiger partial charge in [0.25, 0.3) is 0 Å². The summed E-state index contributed by atoms with van der Waals surface area (Å²) in [6.45, 7) is 12.3. The predicted molar refractivity (Wildman–Crippen MR) is 88.4 cm³/mol. The van der Waals surface area contributed by atoms with E-state index in [-0.39, 0.29) is 23.8 Å². The van der Waals surface area contributed by atoms with E-state index in [1.54, 1.807) is 13.8 Å². The van der Waals surface area contributed by atoms with Gasteiger partial charge >= 0.3 is 11.9 Å². The lowest BCUT2D eigenvalue weighted by Crippen LogP contribution is -2.26. The highest BCUT2D eigenvalue weighted by atomic mass is 16.5. The fourth-order valence-electron chi connectivity index (χ4n) is 2.80. The van der Waals surface area contributed by atoms with E-state index in [2.05, 4.69) is 0 Å². The molecule has 0 aromatic rings. The van der Waals surface area contributed by atoms with Gasteiger partial charge in [0.2, 0.25) is 0 Å². The minimum Gasteiger partial charge on any atom is -0.463 e. The zero-order chi connectivity index (χ0) is 17.1. The molecular weight excluding hydrogens is 280 g/mol. The Hall–Kier alpha value is -1.32. The van der Waals surface area contributed by atoms with E-state index in [1.807, 2.05) is 27.7 Å². The van der Waals surface area contributed by atoms with Crippen molar-refractivity contribution in [3.8, 4) is 0 Å². The average molecular weight is 312 g/mol. The van der Waals surface area contributed by atoms with Gasteiger partial charge in [-0.3, -0.25) is 0 Å². The summed E-state index contributed by atoms with van der Waals surface area (Å²) in [6, 6.07) is 0. The lowest BCUT2D eigenvalue weighted by atomic mass is 9.82. The van der Waals surface area contributed by atoms with E-state index in [0.29, 0.717) is 24.4 Å². The molecule has 0 radical (unpaired) electrons. The Morgan fingerprint density at radius 3 is 1.09 bits per heavy atom. The number of hydrogen-bond donors (Lipinski definition) is 0. The van der Waals surface area contributed by atoms with Crippen LogP contribution in [0.5, 0.6) is 0 Å². The highest BCUT2D eigenvalue weighted by Gasteiger charge is 2.31. The number of hydrogen-bond acceptors (Lipinski definition) is 4. The Labute approximate surface area is 135 Å². The number of rotatable bonds is 10. The molecular formula is C18H32O4. The van der Waals surface area contributed by atoms with Crippen LogP contribution in [0.15, 0.2) is 11.1 Å². The Bertz CT molecular complexity index is 341. The molecule has 0 atom stereocenters. The summed E-state index contributed by atoms with van der Waals surface area (Å²) in [5.41, 5.74) is 1.05. The topological polar surface area (TPSA) is 52.6 Å². The average Bonchev–Trinajstić information content (AvgIpc) is 2.51. The molecule has 4 heteroatoms. The summed E-state index contributed by atoms with van der Waals surface area (Å²) < 4.78 is 10.5. The molecule has 128 valence electrons. The van der Waals surface area contributed by atoms with Crippen LogP contribution in [0.4, 0.5) is 0 Å². The lowest BCUT2D eigenvalue weighted by molar-refractivity contribution is -0.143. The van der Waals surface area contributed by atoms with Gasteiger partial charge in [0.05, 0.1) is 24.4 Å². The van der Waals surface area contributed by atoms with Crippen LogP contribution in [0, 0.1) is 11.8 Å². The first-order chi connectivity index (χ1) is 10.5. The molecule has 0 rings (SSSR count). The molecule has 0 aliphatic carbocycles. The van der Waals surface area contributed by atoms with Gasteiger partial charge < -0.3 is 9.47 Å². The van der Waals surface area contributed by atoms with Crippen LogP contribution in [0.1, 0.15) is 67.2 Å². The maximum absolute atomic E-state index is 12.5. The summed E-state index contributed by atoms with van der Waals surface area (Å²) in [5.74, 6) is -0.685. The summed E-state index contributed by atoms with van der Waals surface area (Å²) >= 11 is 0. The molecule has 0 aromatic heterocycles. The fourth-order valence-corrected chi connectivity index (χ4v) is 2.80. The molecule has 0 aromatic carbocycles. The van der Waals surface area contributed by atoms with Crippen LogP contribution in [-0.4, -0.2) is 25.2 Å². The first-order valence-electron chi connectivity index (χ1n) is 8.60. The summed E-state index contributed by atoms with van der Waals surface area (Å²) in [6.07, 6.45) is 3.20. The summed E-state index contributed by atoms with van der Waals surface area (Å²) in [5, 5.41) is 0. The van der Waals surface area contributed by atoms with E-state index in [4.69, 9.17) is 9.47 Å². The number of carbonyl (C=O) groups is 2. The number of carbonyl (C=O) groups excluding carboxylic acids is 2. The standard InChI is InChI=1S/C18H32O4/c1-7-13(8-2)15(17(19)21-11-5)16(14(9-3)10-4)18(20)22-12-6/h13-14H,7-12H2,1-6H3/b16-15-. The van der Waals surface area contributed by atoms with Crippen molar-refractivity contribution in [2.24, 2.45) is 11.8 Å². The van der Waals surface area contributed by atoms with E-state index in [0.717, 1.165) is 25.7 Å². The summed E-state index contributed by atoms with van der Waals surface area (Å²) in [4.78, 5) is 25.0. The van der Waals surface area contributed by atoms with Crippen molar-refractivity contribution in [2.75, 3.05) is 13.2 Å². The Kier molecular flexibility index (Phi) is 10.6. The molecule has 0 N–H and O–H groups in total. The van der Waals surface area contributed by atoms with E-state index in [9.17, 15) is 9.59 Å².